The van der Waals surface area contributed by atoms with E-state index in [9.17, 15) is 47.4 Å². The van der Waals surface area contributed by atoms with Gasteiger partial charge in [-0.2, -0.15) is 47.4 Å². The van der Waals surface area contributed by atoms with E-state index in [0.29, 0.717) is 24.3 Å². The summed E-state index contributed by atoms with van der Waals surface area (Å²) in [6.07, 6.45) is -9.33. The Hall–Kier alpha value is -5.98. The fourth-order valence-corrected chi connectivity index (χ4v) is 4.02. The molecule has 206 valence electrons. The van der Waals surface area contributed by atoms with E-state index < -0.39 is 46.1 Å². The van der Waals surface area contributed by atoms with Gasteiger partial charge >= 0.3 is 12.4 Å². The molecule has 0 unspecified atom stereocenters. The molecule has 0 fully saturated rings. The maximum atomic E-state index is 13.1. The van der Waals surface area contributed by atoms with Crippen LogP contribution in [0.2, 0.25) is 0 Å². The van der Waals surface area contributed by atoms with Crippen molar-refractivity contribution in [2.24, 2.45) is 0 Å². The molecule has 0 radical (unpaired) electrons. The van der Waals surface area contributed by atoms with Crippen LogP contribution in [0.15, 0.2) is 72.8 Å². The molecule has 0 saturated heterocycles. The topological polar surface area (TPSA) is 114 Å². The zero-order chi connectivity index (χ0) is 30.7. The van der Waals surface area contributed by atoms with Gasteiger partial charge in [-0.05, 0) is 59.3 Å². The third-order valence-corrected chi connectivity index (χ3v) is 5.88. The van der Waals surface area contributed by atoms with E-state index in [1.807, 2.05) is 0 Å². The van der Waals surface area contributed by atoms with Gasteiger partial charge < -0.3 is 9.47 Å². The standard InChI is InChI=1S/C30H12F6N4O2/c31-29(32,33)19-5-9-21(10-6-19)41-27-25(17(13-37)14-38)23-3-1-2-4-24(23)26(18(15-39)16-40)28(27)42-22-11-7-20(8-12-22)30(34,35)36/h1-12H. The lowest BCUT2D eigenvalue weighted by Crippen LogP contribution is -2.21. The summed E-state index contributed by atoms with van der Waals surface area (Å²) in [4.78, 5) is 0. The summed E-state index contributed by atoms with van der Waals surface area (Å²) in [5, 5.41) is 39.0. The molecule has 0 bridgehead atoms. The van der Waals surface area contributed by atoms with E-state index in [4.69, 9.17) is 9.47 Å². The van der Waals surface area contributed by atoms with Gasteiger partial charge in [0.05, 0.1) is 21.6 Å². The van der Waals surface area contributed by atoms with Gasteiger partial charge in [0.2, 0.25) is 0 Å². The van der Waals surface area contributed by atoms with Gasteiger partial charge in [-0.15, -0.1) is 0 Å². The van der Waals surface area contributed by atoms with E-state index in [0.717, 1.165) is 24.3 Å². The summed E-state index contributed by atoms with van der Waals surface area (Å²) < 4.78 is 90.6. The van der Waals surface area contributed by atoms with Crippen molar-refractivity contribution in [3.8, 4) is 47.3 Å². The first-order valence-electron chi connectivity index (χ1n) is 11.6. The maximum absolute atomic E-state index is 13.1. The Morgan fingerprint density at radius 1 is 0.500 bits per heavy atom. The molecular formula is C30H12F6N4O2. The fourth-order valence-electron chi connectivity index (χ4n) is 4.02. The second-order valence-corrected chi connectivity index (χ2v) is 8.40. The average Bonchev–Trinajstić information content (AvgIpc) is 2.96. The first-order chi connectivity index (χ1) is 19.9. The summed E-state index contributed by atoms with van der Waals surface area (Å²) in [5.41, 5.74) is -3.04. The summed E-state index contributed by atoms with van der Waals surface area (Å²) in [6, 6.07) is 19.5. The number of fused-ring (bicyclic) bond motifs is 1. The lowest BCUT2D eigenvalue weighted by molar-refractivity contribution is -0.138. The minimum Gasteiger partial charge on any atom is -0.453 e. The number of alkyl halides is 6. The van der Waals surface area contributed by atoms with Crippen LogP contribution in [0, 0.1) is 45.3 Å². The van der Waals surface area contributed by atoms with Crippen LogP contribution in [0.1, 0.15) is 11.1 Å². The van der Waals surface area contributed by atoms with Gasteiger partial charge in [-0.25, -0.2) is 0 Å². The lowest BCUT2D eigenvalue weighted by atomic mass is 9.98. The monoisotopic (exact) mass is 574 g/mol. The zero-order valence-corrected chi connectivity index (χ0v) is 20.8. The van der Waals surface area contributed by atoms with Crippen LogP contribution in [-0.4, -0.2) is 0 Å². The number of nitriles is 4. The molecule has 42 heavy (non-hydrogen) atoms. The van der Waals surface area contributed by atoms with Crippen molar-refractivity contribution in [1.82, 2.24) is 0 Å². The van der Waals surface area contributed by atoms with Crippen molar-refractivity contribution in [2.75, 3.05) is 0 Å². The SMILES string of the molecule is N#CC(C#N)=c1c(Oc2ccc(C(F)(F)F)cc2)c(Oc2ccc(C(F)(F)F)cc2)c(=C(C#N)C#N)c2ccccc12. The molecule has 6 nitrogen and oxygen atoms in total. The molecule has 0 aliphatic heterocycles. The van der Waals surface area contributed by atoms with E-state index in [2.05, 4.69) is 0 Å². The first kappa shape index (κ1) is 29.0. The smallest absolute Gasteiger partial charge is 0.416 e. The van der Waals surface area contributed by atoms with Crippen molar-refractivity contribution in [3.63, 3.8) is 0 Å². The molecule has 0 spiro atoms. The Bertz CT molecular complexity index is 1810. The van der Waals surface area contributed by atoms with Crippen LogP contribution in [0.3, 0.4) is 0 Å². The van der Waals surface area contributed by atoms with Gasteiger partial charge in [0.1, 0.15) is 46.9 Å². The molecule has 4 aromatic rings. The first-order valence-corrected chi connectivity index (χ1v) is 11.6. The van der Waals surface area contributed by atoms with E-state index in [1.54, 1.807) is 24.3 Å². The Morgan fingerprint density at radius 2 is 0.810 bits per heavy atom. The highest BCUT2D eigenvalue weighted by molar-refractivity contribution is 5.96. The minimum atomic E-state index is -4.66. The van der Waals surface area contributed by atoms with Crippen LogP contribution in [0.5, 0.6) is 23.0 Å². The number of benzene rings is 4. The van der Waals surface area contributed by atoms with E-state index in [1.165, 1.54) is 24.3 Å². The number of hydrogen-bond donors (Lipinski definition) is 0. The van der Waals surface area contributed by atoms with Gasteiger partial charge in [0.25, 0.3) is 0 Å². The maximum Gasteiger partial charge on any atom is 0.416 e. The number of hydrogen-bond acceptors (Lipinski definition) is 6. The second-order valence-electron chi connectivity index (χ2n) is 8.40. The van der Waals surface area contributed by atoms with Gasteiger partial charge in [0.15, 0.2) is 11.5 Å². The Balaban J connectivity index is 2.15. The van der Waals surface area contributed by atoms with Gasteiger partial charge in [0, 0.05) is 0 Å². The second kappa shape index (κ2) is 11.3. The molecule has 12 heteroatoms. The summed E-state index contributed by atoms with van der Waals surface area (Å²) in [5.74, 6) is -1.31. The summed E-state index contributed by atoms with van der Waals surface area (Å²) in [6.45, 7) is 0. The molecule has 4 aromatic carbocycles. The normalized spacial score (nSPS) is 11.0. The van der Waals surface area contributed by atoms with Crippen LogP contribution < -0.4 is 19.9 Å². The fraction of sp³-hybridized carbons (Fsp3) is 0.0667. The van der Waals surface area contributed by atoms with Crippen molar-refractivity contribution in [1.29, 1.82) is 21.0 Å². The molecule has 0 aromatic heterocycles. The van der Waals surface area contributed by atoms with Gasteiger partial charge in [-0.1, -0.05) is 24.3 Å². The predicted octanol–water partition coefficient (Wildman–Crippen LogP) is 6.86. The van der Waals surface area contributed by atoms with E-state index >= 15 is 0 Å². The minimum absolute atomic E-state index is 0.148. The quantitative estimate of drug-likeness (QED) is 0.246. The summed E-state index contributed by atoms with van der Waals surface area (Å²) in [7, 11) is 0. The number of nitrogens with zero attached hydrogens (tertiary/aromatic N) is 4. The Labute approximate surface area is 233 Å². The van der Waals surface area contributed by atoms with Crippen molar-refractivity contribution in [2.45, 2.75) is 12.4 Å². The molecule has 0 aliphatic carbocycles. The number of rotatable bonds is 4. The third kappa shape index (κ3) is 5.65. The van der Waals surface area contributed by atoms with Crippen molar-refractivity contribution >= 4 is 21.9 Å². The largest absolute Gasteiger partial charge is 0.453 e. The molecule has 0 heterocycles. The summed E-state index contributed by atoms with van der Waals surface area (Å²) >= 11 is 0. The molecule has 0 aliphatic rings. The van der Waals surface area contributed by atoms with Crippen LogP contribution in [0.25, 0.3) is 21.9 Å². The molecular weight excluding hydrogens is 562 g/mol. The lowest BCUT2D eigenvalue weighted by Gasteiger charge is -2.18. The van der Waals surface area contributed by atoms with Crippen molar-refractivity contribution < 1.29 is 35.8 Å². The Morgan fingerprint density at radius 3 is 1.07 bits per heavy atom. The number of halogens is 6. The molecule has 0 amide bonds. The van der Waals surface area contributed by atoms with Gasteiger partial charge in [-0.3, -0.25) is 0 Å². The van der Waals surface area contributed by atoms with Crippen LogP contribution >= 0.6 is 0 Å². The highest BCUT2D eigenvalue weighted by Gasteiger charge is 2.31. The third-order valence-electron chi connectivity index (χ3n) is 5.88. The molecule has 0 atom stereocenters. The molecule has 0 N–H and O–H groups in total. The number of ether oxygens (including phenoxy) is 2. The molecule has 4 rings (SSSR count). The highest BCUT2D eigenvalue weighted by Crippen LogP contribution is 2.36. The van der Waals surface area contributed by atoms with E-state index in [-0.39, 0.29) is 32.7 Å². The van der Waals surface area contributed by atoms with Crippen LogP contribution in [0.4, 0.5) is 26.3 Å². The predicted molar refractivity (Wildman–Crippen MR) is 136 cm³/mol. The van der Waals surface area contributed by atoms with Crippen molar-refractivity contribution in [3.05, 3.63) is 94.4 Å². The highest BCUT2D eigenvalue weighted by atomic mass is 19.4. The molecule has 0 saturated carbocycles. The average molecular weight is 574 g/mol. The van der Waals surface area contributed by atoms with Crippen LogP contribution in [-0.2, 0) is 12.4 Å². The zero-order valence-electron chi connectivity index (χ0n) is 20.8. The Kier molecular flexibility index (Phi) is 7.77.